The molecule has 0 saturated heterocycles. The van der Waals surface area contributed by atoms with Crippen molar-refractivity contribution < 1.29 is 0 Å². The minimum atomic E-state index is 0.616. The Morgan fingerprint density at radius 2 is 2.00 bits per heavy atom. The van der Waals surface area contributed by atoms with E-state index in [-0.39, 0.29) is 0 Å². The van der Waals surface area contributed by atoms with E-state index in [0.29, 0.717) is 6.04 Å². The van der Waals surface area contributed by atoms with E-state index < -0.39 is 0 Å². The van der Waals surface area contributed by atoms with Crippen molar-refractivity contribution in [2.24, 2.45) is 5.73 Å². The summed E-state index contributed by atoms with van der Waals surface area (Å²) in [6.07, 6.45) is 10.8. The number of rotatable bonds is 5. The van der Waals surface area contributed by atoms with Gasteiger partial charge in [-0.1, -0.05) is 25.7 Å². The minimum absolute atomic E-state index is 0.616. The van der Waals surface area contributed by atoms with Crippen LogP contribution in [0.3, 0.4) is 0 Å². The SMILES string of the molecule is Cc1cnnc(N(CCCN)C2CCCCCC2)c1. The zero-order valence-electron chi connectivity index (χ0n) is 12.0. The minimum Gasteiger partial charge on any atom is -0.352 e. The van der Waals surface area contributed by atoms with E-state index in [1.54, 1.807) is 0 Å². The molecule has 1 fully saturated rings. The lowest BCUT2D eigenvalue weighted by atomic mass is 10.1. The molecule has 1 aliphatic carbocycles. The molecule has 0 unspecified atom stereocenters. The van der Waals surface area contributed by atoms with Crippen molar-refractivity contribution in [3.63, 3.8) is 0 Å². The first-order valence-electron chi connectivity index (χ1n) is 7.57. The van der Waals surface area contributed by atoms with Gasteiger partial charge in [-0.2, -0.15) is 5.10 Å². The van der Waals surface area contributed by atoms with Gasteiger partial charge in [-0.05, 0) is 44.4 Å². The monoisotopic (exact) mass is 262 g/mol. The average molecular weight is 262 g/mol. The van der Waals surface area contributed by atoms with E-state index in [0.717, 1.165) is 25.3 Å². The summed E-state index contributed by atoms with van der Waals surface area (Å²) in [6.45, 7) is 3.81. The molecule has 0 bridgehead atoms. The lowest BCUT2D eigenvalue weighted by molar-refractivity contribution is 0.513. The van der Waals surface area contributed by atoms with Gasteiger partial charge in [0.1, 0.15) is 0 Å². The second-order valence-corrected chi connectivity index (χ2v) is 5.57. The van der Waals surface area contributed by atoms with Crippen molar-refractivity contribution in [2.75, 3.05) is 18.0 Å². The Morgan fingerprint density at radius 3 is 2.63 bits per heavy atom. The molecule has 0 atom stereocenters. The van der Waals surface area contributed by atoms with E-state index in [2.05, 4.69) is 28.1 Å². The molecule has 2 rings (SSSR count). The number of aromatic nitrogens is 2. The Kier molecular flexibility index (Phi) is 5.58. The summed E-state index contributed by atoms with van der Waals surface area (Å²) < 4.78 is 0. The van der Waals surface area contributed by atoms with Gasteiger partial charge in [-0.3, -0.25) is 0 Å². The molecule has 4 heteroatoms. The third-order valence-electron chi connectivity index (χ3n) is 3.94. The molecule has 1 aromatic heterocycles. The highest BCUT2D eigenvalue weighted by Crippen LogP contribution is 2.25. The molecule has 2 N–H and O–H groups in total. The van der Waals surface area contributed by atoms with Gasteiger partial charge in [-0.25, -0.2) is 0 Å². The van der Waals surface area contributed by atoms with E-state index in [1.165, 1.54) is 44.1 Å². The highest BCUT2D eigenvalue weighted by atomic mass is 15.3. The smallest absolute Gasteiger partial charge is 0.151 e. The van der Waals surface area contributed by atoms with Crippen molar-refractivity contribution in [1.82, 2.24) is 10.2 Å². The van der Waals surface area contributed by atoms with Crippen molar-refractivity contribution in [3.05, 3.63) is 17.8 Å². The lowest BCUT2D eigenvalue weighted by Crippen LogP contribution is -2.37. The topological polar surface area (TPSA) is 55.0 Å². The first-order chi connectivity index (χ1) is 9.31. The Bertz CT molecular complexity index is 372. The van der Waals surface area contributed by atoms with Crippen LogP contribution in [0.2, 0.25) is 0 Å². The van der Waals surface area contributed by atoms with Crippen LogP contribution in [-0.4, -0.2) is 29.3 Å². The van der Waals surface area contributed by atoms with Gasteiger partial charge in [0.15, 0.2) is 5.82 Å². The molecule has 106 valence electrons. The quantitative estimate of drug-likeness (QED) is 0.829. The average Bonchev–Trinajstić information content (AvgIpc) is 2.68. The zero-order valence-corrected chi connectivity index (χ0v) is 12.0. The molecular formula is C15H26N4. The first kappa shape index (κ1) is 14.3. The fraction of sp³-hybridized carbons (Fsp3) is 0.733. The summed E-state index contributed by atoms with van der Waals surface area (Å²) in [5.74, 6) is 1.03. The first-order valence-corrected chi connectivity index (χ1v) is 7.57. The maximum absolute atomic E-state index is 5.68. The molecule has 4 nitrogen and oxygen atoms in total. The summed E-state index contributed by atoms with van der Waals surface area (Å²) in [7, 11) is 0. The summed E-state index contributed by atoms with van der Waals surface area (Å²) in [6, 6.07) is 2.76. The highest BCUT2D eigenvalue weighted by molar-refractivity contribution is 5.40. The predicted molar refractivity (Wildman–Crippen MR) is 79.3 cm³/mol. The van der Waals surface area contributed by atoms with E-state index in [1.807, 2.05) is 6.20 Å². The van der Waals surface area contributed by atoms with Crippen LogP contribution in [0.25, 0.3) is 0 Å². The zero-order chi connectivity index (χ0) is 13.5. The Hall–Kier alpha value is -1.16. The number of anilines is 1. The van der Waals surface area contributed by atoms with Gasteiger partial charge in [0.25, 0.3) is 0 Å². The van der Waals surface area contributed by atoms with E-state index >= 15 is 0 Å². The van der Waals surface area contributed by atoms with Crippen LogP contribution in [0.5, 0.6) is 0 Å². The Balaban J connectivity index is 2.13. The fourth-order valence-electron chi connectivity index (χ4n) is 2.90. The van der Waals surface area contributed by atoms with E-state index in [9.17, 15) is 0 Å². The second kappa shape index (κ2) is 7.43. The van der Waals surface area contributed by atoms with Gasteiger partial charge in [0.2, 0.25) is 0 Å². The number of hydrogen-bond donors (Lipinski definition) is 1. The van der Waals surface area contributed by atoms with Gasteiger partial charge in [-0.15, -0.1) is 5.10 Å². The summed E-state index contributed by atoms with van der Waals surface area (Å²) >= 11 is 0. The molecule has 1 aromatic rings. The van der Waals surface area contributed by atoms with Crippen molar-refractivity contribution in [3.8, 4) is 0 Å². The van der Waals surface area contributed by atoms with Crippen LogP contribution >= 0.6 is 0 Å². The Morgan fingerprint density at radius 1 is 1.26 bits per heavy atom. The molecule has 0 aliphatic heterocycles. The summed E-state index contributed by atoms with van der Waals surface area (Å²) in [5.41, 5.74) is 6.86. The number of nitrogens with zero attached hydrogens (tertiary/aromatic N) is 3. The largest absolute Gasteiger partial charge is 0.352 e. The van der Waals surface area contributed by atoms with Crippen molar-refractivity contribution in [1.29, 1.82) is 0 Å². The van der Waals surface area contributed by atoms with Crippen LogP contribution in [0, 0.1) is 6.92 Å². The molecular weight excluding hydrogens is 236 g/mol. The molecule has 0 amide bonds. The van der Waals surface area contributed by atoms with Crippen molar-refractivity contribution >= 4 is 5.82 Å². The van der Waals surface area contributed by atoms with Crippen LogP contribution in [0.15, 0.2) is 12.3 Å². The van der Waals surface area contributed by atoms with Crippen LogP contribution in [0.4, 0.5) is 5.82 Å². The fourth-order valence-corrected chi connectivity index (χ4v) is 2.90. The maximum Gasteiger partial charge on any atom is 0.151 e. The number of aryl methyl sites for hydroxylation is 1. The summed E-state index contributed by atoms with van der Waals surface area (Å²) in [5, 5.41) is 8.44. The van der Waals surface area contributed by atoms with E-state index in [4.69, 9.17) is 5.73 Å². The molecule has 1 aliphatic rings. The normalized spacial score (nSPS) is 17.2. The molecule has 1 heterocycles. The predicted octanol–water partition coefficient (Wildman–Crippen LogP) is 2.66. The standard InChI is InChI=1S/C15H26N4/c1-13-11-15(18-17-12-13)19(10-6-9-16)14-7-4-2-3-5-8-14/h11-12,14H,2-10,16H2,1H3. The molecule has 1 saturated carbocycles. The van der Waals surface area contributed by atoms with Gasteiger partial charge in [0, 0.05) is 12.6 Å². The van der Waals surface area contributed by atoms with Crippen LogP contribution < -0.4 is 10.6 Å². The van der Waals surface area contributed by atoms with Gasteiger partial charge in [0.05, 0.1) is 6.20 Å². The summed E-state index contributed by atoms with van der Waals surface area (Å²) in [4.78, 5) is 2.44. The second-order valence-electron chi connectivity index (χ2n) is 5.57. The van der Waals surface area contributed by atoms with Gasteiger partial charge < -0.3 is 10.6 Å². The molecule has 0 radical (unpaired) electrons. The number of hydrogen-bond acceptors (Lipinski definition) is 4. The van der Waals surface area contributed by atoms with Crippen LogP contribution in [0.1, 0.15) is 50.5 Å². The number of nitrogens with two attached hydrogens (primary N) is 1. The lowest BCUT2D eigenvalue weighted by Gasteiger charge is -2.32. The Labute approximate surface area is 116 Å². The van der Waals surface area contributed by atoms with Gasteiger partial charge >= 0.3 is 0 Å². The third kappa shape index (κ3) is 4.16. The third-order valence-corrected chi connectivity index (χ3v) is 3.94. The van der Waals surface area contributed by atoms with Crippen LogP contribution in [-0.2, 0) is 0 Å². The maximum atomic E-state index is 5.68. The molecule has 0 aromatic carbocycles. The van der Waals surface area contributed by atoms with Crippen molar-refractivity contribution in [2.45, 2.75) is 57.9 Å². The molecule has 0 spiro atoms. The molecule has 19 heavy (non-hydrogen) atoms. The highest BCUT2D eigenvalue weighted by Gasteiger charge is 2.21.